The van der Waals surface area contributed by atoms with Crippen LogP contribution in [-0.2, 0) is 9.47 Å². The molecule has 14 heavy (non-hydrogen) atoms. The highest BCUT2D eigenvalue weighted by molar-refractivity contribution is 6.61. The van der Waals surface area contributed by atoms with Crippen LogP contribution in [0.15, 0.2) is 12.8 Å². The van der Waals surface area contributed by atoms with Crippen LogP contribution < -0.4 is 0 Å². The van der Waals surface area contributed by atoms with Crippen molar-refractivity contribution >= 4 is 34.1 Å². The lowest BCUT2D eigenvalue weighted by atomic mass is 10.2. The summed E-state index contributed by atoms with van der Waals surface area (Å²) in [7, 11) is 0. The molecule has 0 saturated heterocycles. The van der Waals surface area contributed by atoms with Crippen LogP contribution in [0.5, 0.6) is 0 Å². The van der Waals surface area contributed by atoms with E-state index in [0.29, 0.717) is 12.5 Å². The summed E-state index contributed by atoms with van der Waals surface area (Å²) in [5.74, 6) is 0.359. The number of halogens is 2. The van der Waals surface area contributed by atoms with Crippen molar-refractivity contribution in [3.05, 3.63) is 12.8 Å². The zero-order valence-corrected chi connectivity index (χ0v) is 9.47. The van der Waals surface area contributed by atoms with Crippen LogP contribution in [0.25, 0.3) is 0 Å². The lowest BCUT2D eigenvalue weighted by Crippen LogP contribution is -2.02. The zero-order valence-electron chi connectivity index (χ0n) is 7.96. The second kappa shape index (κ2) is 10.3. The summed E-state index contributed by atoms with van der Waals surface area (Å²) in [6.45, 7) is 7.37. The number of carbonyl (C=O) groups excluding carboxylic acids is 2. The van der Waals surface area contributed by atoms with Gasteiger partial charge in [-0.05, 0) is 5.92 Å². The Morgan fingerprint density at radius 3 is 1.93 bits per heavy atom. The summed E-state index contributed by atoms with van der Waals surface area (Å²) in [4.78, 5) is 19.4. The molecule has 0 unspecified atom stereocenters. The second-order valence-electron chi connectivity index (χ2n) is 2.46. The fourth-order valence-corrected chi connectivity index (χ4v) is 0.424. The molecule has 0 rings (SSSR count). The van der Waals surface area contributed by atoms with E-state index >= 15 is 0 Å². The molecule has 4 nitrogen and oxygen atoms in total. The van der Waals surface area contributed by atoms with Crippen LogP contribution in [0.2, 0.25) is 0 Å². The third kappa shape index (κ3) is 22.5. The normalized spacial score (nSPS) is 8.36. The first-order valence-electron chi connectivity index (χ1n) is 3.69. The standard InChI is InChI=1S/C5H9ClO2.C3H3ClO2/c1-4(2)3-8-5(6)7;1-2-6-3(4)5/h4H,3H2,1-2H3;2H,1H2. The van der Waals surface area contributed by atoms with Crippen LogP contribution in [0, 0.1) is 5.92 Å². The number of carbonyl (C=O) groups is 2. The third-order valence-corrected chi connectivity index (χ3v) is 0.904. The van der Waals surface area contributed by atoms with Crippen molar-refractivity contribution in [2.45, 2.75) is 13.8 Å². The van der Waals surface area contributed by atoms with E-state index in [1.807, 2.05) is 13.8 Å². The second-order valence-corrected chi connectivity index (χ2v) is 3.08. The molecule has 6 heteroatoms. The van der Waals surface area contributed by atoms with E-state index in [4.69, 9.17) is 11.6 Å². The molecule has 0 spiro atoms. The SMILES string of the molecule is C=COC(=O)Cl.CC(C)COC(=O)Cl. The summed E-state index contributed by atoms with van der Waals surface area (Å²) in [5.41, 5.74) is -1.58. The molecule has 0 N–H and O–H groups in total. The molecular formula is C8H12Cl2O4. The van der Waals surface area contributed by atoms with Crippen molar-refractivity contribution in [1.29, 1.82) is 0 Å². The summed E-state index contributed by atoms with van der Waals surface area (Å²) in [5, 5.41) is 0. The van der Waals surface area contributed by atoms with E-state index in [1.54, 1.807) is 0 Å². The van der Waals surface area contributed by atoms with Gasteiger partial charge in [0.05, 0.1) is 12.9 Å². The van der Waals surface area contributed by atoms with Crippen molar-refractivity contribution in [2.24, 2.45) is 5.92 Å². The smallest absolute Gasteiger partial charge is 0.408 e. The fraction of sp³-hybridized carbons (Fsp3) is 0.500. The van der Waals surface area contributed by atoms with Crippen molar-refractivity contribution in [2.75, 3.05) is 6.61 Å². The third-order valence-electron chi connectivity index (χ3n) is 0.706. The molecule has 0 radical (unpaired) electrons. The molecule has 0 aliphatic rings. The predicted octanol–water partition coefficient (Wildman–Crippen LogP) is 3.52. The Balaban J connectivity index is 0. The molecule has 0 amide bonds. The van der Waals surface area contributed by atoms with Crippen molar-refractivity contribution in [1.82, 2.24) is 0 Å². The van der Waals surface area contributed by atoms with Crippen molar-refractivity contribution in [3.63, 3.8) is 0 Å². The lowest BCUT2D eigenvalue weighted by Gasteiger charge is -2.00. The Bertz CT molecular complexity index is 192. The molecule has 0 aliphatic carbocycles. The molecule has 0 aromatic carbocycles. The van der Waals surface area contributed by atoms with Crippen LogP contribution in [0.3, 0.4) is 0 Å². The van der Waals surface area contributed by atoms with Gasteiger partial charge in [-0.25, -0.2) is 9.59 Å². The topological polar surface area (TPSA) is 52.6 Å². The Labute approximate surface area is 92.8 Å². The largest absolute Gasteiger partial charge is 0.453 e. The van der Waals surface area contributed by atoms with Gasteiger partial charge in [-0.15, -0.1) is 0 Å². The van der Waals surface area contributed by atoms with Gasteiger partial charge in [0.15, 0.2) is 0 Å². The van der Waals surface area contributed by atoms with Gasteiger partial charge in [0.25, 0.3) is 0 Å². The van der Waals surface area contributed by atoms with E-state index < -0.39 is 10.9 Å². The lowest BCUT2D eigenvalue weighted by molar-refractivity contribution is 0.159. The van der Waals surface area contributed by atoms with Gasteiger partial charge >= 0.3 is 10.9 Å². The highest BCUT2D eigenvalue weighted by atomic mass is 35.5. The van der Waals surface area contributed by atoms with Gasteiger partial charge < -0.3 is 9.47 Å². The van der Waals surface area contributed by atoms with E-state index in [-0.39, 0.29) is 0 Å². The van der Waals surface area contributed by atoms with Gasteiger partial charge in [-0.1, -0.05) is 20.4 Å². The Morgan fingerprint density at radius 1 is 1.36 bits per heavy atom. The Morgan fingerprint density at radius 2 is 1.86 bits per heavy atom. The molecule has 0 aliphatic heterocycles. The molecule has 0 fully saturated rings. The monoisotopic (exact) mass is 242 g/mol. The van der Waals surface area contributed by atoms with Crippen LogP contribution >= 0.6 is 23.2 Å². The first kappa shape index (κ1) is 15.7. The molecule has 0 atom stereocenters. The maximum atomic E-state index is 9.89. The molecule has 0 aromatic heterocycles. The summed E-state index contributed by atoms with van der Waals surface area (Å²) >= 11 is 9.51. The zero-order chi connectivity index (χ0) is 11.6. The first-order valence-corrected chi connectivity index (χ1v) is 4.45. The van der Waals surface area contributed by atoms with Gasteiger partial charge in [-0.2, -0.15) is 0 Å². The van der Waals surface area contributed by atoms with Crippen molar-refractivity contribution < 1.29 is 19.1 Å². The minimum Gasteiger partial charge on any atom is -0.453 e. The maximum absolute atomic E-state index is 9.89. The number of hydrogen-bond acceptors (Lipinski definition) is 4. The highest BCUT2D eigenvalue weighted by Gasteiger charge is 1.96. The Hall–Kier alpha value is -0.740. The van der Waals surface area contributed by atoms with E-state index in [1.165, 1.54) is 0 Å². The van der Waals surface area contributed by atoms with Crippen molar-refractivity contribution in [3.8, 4) is 0 Å². The highest BCUT2D eigenvalue weighted by Crippen LogP contribution is 1.94. The van der Waals surface area contributed by atoms with Gasteiger partial charge in [0, 0.05) is 23.2 Å². The summed E-state index contributed by atoms with van der Waals surface area (Å²) in [6, 6.07) is 0. The molecule has 0 saturated carbocycles. The fourth-order valence-electron chi connectivity index (χ4n) is 0.298. The molecule has 0 aromatic rings. The van der Waals surface area contributed by atoms with E-state index in [2.05, 4.69) is 27.7 Å². The average molecular weight is 243 g/mol. The van der Waals surface area contributed by atoms with Gasteiger partial charge in [0.1, 0.15) is 0 Å². The van der Waals surface area contributed by atoms with E-state index in [9.17, 15) is 9.59 Å². The minimum atomic E-state index is -0.856. The maximum Gasteiger partial charge on any atom is 0.408 e. The summed E-state index contributed by atoms with van der Waals surface area (Å²) in [6.07, 6.45) is 0.968. The first-order chi connectivity index (χ1) is 6.40. The number of hydrogen-bond donors (Lipinski definition) is 0. The molecular weight excluding hydrogens is 231 g/mol. The minimum absolute atomic E-state index is 0.359. The van der Waals surface area contributed by atoms with Crippen LogP contribution in [0.4, 0.5) is 9.59 Å². The molecule has 0 bridgehead atoms. The number of rotatable bonds is 3. The molecule has 0 heterocycles. The molecule has 82 valence electrons. The van der Waals surface area contributed by atoms with Crippen LogP contribution in [-0.4, -0.2) is 17.5 Å². The summed E-state index contributed by atoms with van der Waals surface area (Å²) < 4.78 is 8.36. The van der Waals surface area contributed by atoms with Crippen LogP contribution in [0.1, 0.15) is 13.8 Å². The quantitative estimate of drug-likeness (QED) is 0.562. The van der Waals surface area contributed by atoms with E-state index in [0.717, 1.165) is 6.26 Å². The predicted molar refractivity (Wildman–Crippen MR) is 54.6 cm³/mol. The average Bonchev–Trinajstić information content (AvgIpc) is 2.01. The number of ether oxygens (including phenoxy) is 2. The Kier molecular flexibility index (Phi) is 11.6. The van der Waals surface area contributed by atoms with Gasteiger partial charge in [0.2, 0.25) is 0 Å². The van der Waals surface area contributed by atoms with Gasteiger partial charge in [-0.3, -0.25) is 0 Å².